The van der Waals surface area contributed by atoms with Crippen LogP contribution in [0.2, 0.25) is 0 Å². The summed E-state index contributed by atoms with van der Waals surface area (Å²) in [6.07, 6.45) is 26.1. The second-order valence-electron chi connectivity index (χ2n) is 35.4. The molecular weight excluding hydrogens is 1450 g/mol. The number of para-hydroxylation sites is 1. The zero-order valence-electron chi connectivity index (χ0n) is 63.8. The van der Waals surface area contributed by atoms with E-state index in [-0.39, 0.29) is 133 Å². The molecule has 12 aliphatic carbocycles. The fraction of sp³-hybridized carbons (Fsp3) is 0.558. The Bertz CT molecular complexity index is 4960. The highest BCUT2D eigenvalue weighted by atomic mass is 32.2. The second kappa shape index (κ2) is 27.9. The topological polar surface area (TPSA) is 342 Å². The van der Waals surface area contributed by atoms with Crippen molar-refractivity contribution in [3.8, 4) is 5.88 Å². The zero-order valence-corrected chi connectivity index (χ0v) is 66.3. The standard InChI is InChI=1S/C30H34N2O4S.C28H33N3O5S.C28H33N3O4S/c1-17-12-22-20-9-8-18-13-19(33)10-11-28(18,2)26(20)24(34)14-29(22,3)30(17,36)25(35)15-37-27-21-6-4-5-7-23(21)31-16-32-27;1-26-10-8-16(32)12-15(26)4-5-17-18-9-11-28(35,27(18,2)13-20(33)23(17)26)21(34)14-37-25-29-19-6-7-22(36-3)30-24(19)31-25;1-15-11-19-18-7-6-16-12-17(32)8-9-26(16,2)23(18)21(33)13-27(19,3)28(15,35)22(34)14-36-25-30-20-5-4-10-29-24(20)31-25/h4-7,10-11,13,16-17,20,22,24,26,34,36H,8-9,12,14-15H2,1-3H3;6-8,10,12,17-18,20,23,33,35H,4-5,9,11,13-14H2,1-3H3,(H,29,30,31);4-5,8-10,12,15,18-19,21,23,33,35H,6-7,11,13-14H2,1-3H3,(H,29,30,31)/t17-,20?,22?,24+,26?,28?,29?,30+;17?,18?,20-,23?,26?,27?,28-;15-,18?,19?,21+,23?,26?,27?,28+/m101/s1. The molecule has 5 aromatic heterocycles. The number of aliphatic hydroxyl groups is 6. The van der Waals surface area contributed by atoms with Crippen molar-refractivity contribution < 1.29 is 64.1 Å². The molecule has 0 amide bonds. The van der Waals surface area contributed by atoms with Gasteiger partial charge >= 0.3 is 0 Å². The number of Topliss-reactive ketones (excluding diaryl/α,β-unsaturated/α-hetero) is 3. The first kappa shape index (κ1) is 76.8. The van der Waals surface area contributed by atoms with E-state index < -0.39 is 51.4 Å². The van der Waals surface area contributed by atoms with Crippen molar-refractivity contribution in [2.75, 3.05) is 24.4 Å². The summed E-state index contributed by atoms with van der Waals surface area (Å²) in [5.41, 5.74) is -0.959. The molecule has 24 heteroatoms. The number of nitrogens with zero attached hydrogens (tertiary/aromatic N) is 6. The number of hydrogen-bond donors (Lipinski definition) is 8. The fourth-order valence-electron chi connectivity index (χ4n) is 25.1. The summed E-state index contributed by atoms with van der Waals surface area (Å²) >= 11 is 3.90. The number of methoxy groups -OCH3 is 1. The molecule has 0 spiro atoms. The molecule has 23 atom stereocenters. The molecule has 0 radical (unpaired) electrons. The molecule has 110 heavy (non-hydrogen) atoms. The number of rotatable bonds is 13. The lowest BCUT2D eigenvalue weighted by molar-refractivity contribution is -0.180. The Morgan fingerprint density at radius 3 is 1.50 bits per heavy atom. The van der Waals surface area contributed by atoms with Crippen LogP contribution >= 0.6 is 35.3 Å². The van der Waals surface area contributed by atoms with Gasteiger partial charge in [0.05, 0.1) is 59.2 Å². The van der Waals surface area contributed by atoms with E-state index in [9.17, 15) is 59.4 Å². The highest BCUT2D eigenvalue weighted by molar-refractivity contribution is 8.00. The Morgan fingerprint density at radius 1 is 0.527 bits per heavy atom. The molecule has 0 aliphatic heterocycles. The Labute approximate surface area is 652 Å². The van der Waals surface area contributed by atoms with Gasteiger partial charge in [0.25, 0.3) is 0 Å². The number of aromatic amines is 2. The van der Waals surface area contributed by atoms with Crippen LogP contribution in [0.1, 0.15) is 139 Å². The third-order valence-corrected chi connectivity index (χ3v) is 33.1. The van der Waals surface area contributed by atoms with Gasteiger partial charge in [-0.25, -0.2) is 24.9 Å². The number of allylic oxidation sites excluding steroid dienone is 12. The van der Waals surface area contributed by atoms with Gasteiger partial charge in [-0.15, -0.1) is 0 Å². The minimum absolute atomic E-state index is 0.0128. The van der Waals surface area contributed by atoms with E-state index in [0.717, 1.165) is 101 Å². The molecule has 0 saturated heterocycles. The number of carbonyl (C=O) groups is 6. The summed E-state index contributed by atoms with van der Waals surface area (Å²) < 4.78 is 5.16. The number of H-pyrrole nitrogens is 2. The minimum Gasteiger partial charge on any atom is -0.481 e. The minimum atomic E-state index is -1.52. The summed E-state index contributed by atoms with van der Waals surface area (Å²) in [4.78, 5) is 110. The number of benzene rings is 1. The quantitative estimate of drug-likeness (QED) is 0.0393. The number of ether oxygens (including phenoxy) is 1. The summed E-state index contributed by atoms with van der Waals surface area (Å²) in [6.45, 7) is 16.4. The molecule has 9 saturated carbocycles. The van der Waals surface area contributed by atoms with Crippen molar-refractivity contribution >= 4 is 103 Å². The van der Waals surface area contributed by atoms with Crippen LogP contribution in [0.5, 0.6) is 5.88 Å². The molecular formula is C86H100N8O13S3. The highest BCUT2D eigenvalue weighted by Crippen LogP contribution is 2.72. The largest absolute Gasteiger partial charge is 0.481 e. The predicted octanol–water partition coefficient (Wildman–Crippen LogP) is 12.1. The molecule has 9 fully saturated rings. The smallest absolute Gasteiger partial charge is 0.215 e. The van der Waals surface area contributed by atoms with Crippen LogP contribution < -0.4 is 4.74 Å². The van der Waals surface area contributed by atoms with Gasteiger partial charge < -0.3 is 45.3 Å². The van der Waals surface area contributed by atoms with Gasteiger partial charge in [-0.05, 0) is 192 Å². The van der Waals surface area contributed by atoms with E-state index in [1.165, 1.54) is 41.6 Å². The SMILES string of the molecule is COc1ccc2[nH]c(SCC(=O)[C@@]3(O)CCC4C5CCC6=CC(=O)C=CC6(C)C5[C@@H](O)CC43C)nc2n1.C[C@@H]1CC2C3CCC4=CC(=O)C=CC4(C)C3[C@@H](O)CC2(C)[C@@]1(O)C(=O)CSc1nc2ncccc2[nH]1.C[C@@H]1CC2C3CCC4=CC(=O)C=CC4(C)C3[C@@H](O)CC2(C)[C@@]1(O)C(=O)CSc1ncnc2ccccc12. The number of aromatic nitrogens is 8. The van der Waals surface area contributed by atoms with E-state index in [1.54, 1.807) is 55.8 Å². The fourth-order valence-corrected chi connectivity index (χ4v) is 27.7. The van der Waals surface area contributed by atoms with Crippen molar-refractivity contribution in [3.63, 3.8) is 0 Å². The maximum absolute atomic E-state index is 13.9. The highest BCUT2D eigenvalue weighted by Gasteiger charge is 2.73. The maximum Gasteiger partial charge on any atom is 0.215 e. The summed E-state index contributed by atoms with van der Waals surface area (Å²) in [6, 6.07) is 15.0. The average Bonchev–Trinajstić information content (AvgIpc) is 1.49. The Balaban J connectivity index is 0.000000125. The Morgan fingerprint density at radius 2 is 0.991 bits per heavy atom. The number of hydrogen-bond acceptors (Lipinski definition) is 22. The van der Waals surface area contributed by atoms with Crippen molar-refractivity contribution in [1.29, 1.82) is 0 Å². The Hall–Kier alpha value is -7.13. The van der Waals surface area contributed by atoms with Crippen molar-refractivity contribution in [2.45, 2.75) is 189 Å². The van der Waals surface area contributed by atoms with Crippen LogP contribution in [-0.2, 0) is 28.8 Å². The van der Waals surface area contributed by atoms with Gasteiger partial charge in [0, 0.05) is 67.9 Å². The molecule has 580 valence electrons. The second-order valence-corrected chi connectivity index (χ2v) is 38.2. The number of imidazole rings is 2. The molecule has 15 unspecified atom stereocenters. The predicted molar refractivity (Wildman–Crippen MR) is 419 cm³/mol. The average molecular weight is 1550 g/mol. The lowest BCUT2D eigenvalue weighted by Gasteiger charge is -2.59. The van der Waals surface area contributed by atoms with Crippen molar-refractivity contribution in [3.05, 3.63) is 132 Å². The Kier molecular flexibility index (Phi) is 19.5. The van der Waals surface area contributed by atoms with Crippen molar-refractivity contribution in [1.82, 2.24) is 39.9 Å². The van der Waals surface area contributed by atoms with Crippen LogP contribution in [0, 0.1) is 97.6 Å². The number of pyridine rings is 2. The first-order valence-corrected chi connectivity index (χ1v) is 42.2. The van der Waals surface area contributed by atoms with Gasteiger partial charge in [-0.2, -0.15) is 4.98 Å². The summed E-state index contributed by atoms with van der Waals surface area (Å²) in [5, 5.41) is 73.9. The first-order valence-electron chi connectivity index (χ1n) is 39.2. The van der Waals surface area contributed by atoms with E-state index in [2.05, 4.69) is 60.6 Å². The van der Waals surface area contributed by atoms with Crippen LogP contribution in [0.25, 0.3) is 33.2 Å². The van der Waals surface area contributed by atoms with Gasteiger partial charge in [0.15, 0.2) is 56.3 Å². The molecule has 18 rings (SSSR count). The molecule has 8 N–H and O–H groups in total. The number of carbonyl (C=O) groups excluding carboxylic acids is 6. The number of thioether (sulfide) groups is 3. The molecule has 5 heterocycles. The summed E-state index contributed by atoms with van der Waals surface area (Å²) in [5.74, 6) is 0.621. The maximum atomic E-state index is 13.9. The number of fused-ring (bicyclic) bond motifs is 18. The van der Waals surface area contributed by atoms with Gasteiger partial charge in [0.1, 0.15) is 28.2 Å². The van der Waals surface area contributed by atoms with Crippen LogP contribution in [0.4, 0.5) is 0 Å². The lowest BCUT2D eigenvalue weighted by atomic mass is 9.46. The van der Waals surface area contributed by atoms with Gasteiger partial charge in [-0.3, -0.25) is 28.8 Å². The van der Waals surface area contributed by atoms with Crippen LogP contribution in [0.3, 0.4) is 0 Å². The molecule has 12 aliphatic rings. The third-order valence-electron chi connectivity index (χ3n) is 30.4. The van der Waals surface area contributed by atoms with E-state index >= 15 is 0 Å². The first-order chi connectivity index (χ1) is 52.3. The zero-order chi connectivity index (χ0) is 77.8. The van der Waals surface area contributed by atoms with E-state index in [4.69, 9.17) is 4.74 Å². The van der Waals surface area contributed by atoms with E-state index in [0.29, 0.717) is 53.2 Å². The van der Waals surface area contributed by atoms with Crippen LogP contribution in [-0.4, -0.2) is 165 Å². The monoisotopic (exact) mass is 1550 g/mol. The van der Waals surface area contributed by atoms with Crippen LogP contribution in [0.15, 0.2) is 148 Å². The van der Waals surface area contributed by atoms with E-state index in [1.807, 2.05) is 95.3 Å². The molecule has 0 bridgehead atoms. The van der Waals surface area contributed by atoms with Gasteiger partial charge in [-0.1, -0.05) is 144 Å². The molecule has 21 nitrogen and oxygen atoms in total. The third kappa shape index (κ3) is 11.8. The lowest BCUT2D eigenvalue weighted by Crippen LogP contribution is -2.62. The normalized spacial score (nSPS) is 40.2. The number of aliphatic hydroxyl groups excluding tert-OH is 3. The molecule has 6 aromatic rings. The molecule has 1 aromatic carbocycles. The number of ketones is 6. The van der Waals surface area contributed by atoms with Gasteiger partial charge in [0.2, 0.25) is 5.88 Å². The van der Waals surface area contributed by atoms with Crippen molar-refractivity contribution in [2.24, 2.45) is 97.6 Å². The summed E-state index contributed by atoms with van der Waals surface area (Å²) in [7, 11) is 1.55. The number of nitrogens with one attached hydrogen (secondary N) is 2.